The average molecular weight is 250 g/mol. The molecular formula is C9H15O6P. The predicted molar refractivity (Wildman–Crippen MR) is 57.3 cm³/mol. The Bertz CT molecular complexity index is 305. The Kier molecular flexibility index (Phi) is 6.69. The maximum Gasteiger partial charge on any atom is 0.330 e. The number of ether oxygens (including phenoxy) is 2. The normalized spacial score (nSPS) is 13.6. The van der Waals surface area contributed by atoms with Gasteiger partial charge < -0.3 is 14.4 Å². The van der Waals surface area contributed by atoms with Crippen molar-refractivity contribution in [1.82, 2.24) is 0 Å². The highest BCUT2D eigenvalue weighted by Crippen LogP contribution is 2.35. The number of esters is 2. The molecule has 0 aliphatic rings. The van der Waals surface area contributed by atoms with E-state index < -0.39 is 19.3 Å². The summed E-state index contributed by atoms with van der Waals surface area (Å²) in [7, 11) is -3.18. The lowest BCUT2D eigenvalue weighted by Gasteiger charge is -2.06. The largest absolute Gasteiger partial charge is 0.462 e. The van der Waals surface area contributed by atoms with Gasteiger partial charge in [-0.3, -0.25) is 9.36 Å². The Hall–Kier alpha value is -1.13. The van der Waals surface area contributed by atoms with Crippen LogP contribution in [0.15, 0.2) is 12.7 Å². The van der Waals surface area contributed by atoms with E-state index in [1.54, 1.807) is 0 Å². The lowest BCUT2D eigenvalue weighted by molar-refractivity contribution is -0.149. The van der Waals surface area contributed by atoms with E-state index in [1.807, 2.05) is 0 Å². The fraction of sp³-hybridized carbons (Fsp3) is 0.556. The summed E-state index contributed by atoms with van der Waals surface area (Å²) in [5, 5.41) is 0. The van der Waals surface area contributed by atoms with Crippen LogP contribution in [0.3, 0.4) is 0 Å². The van der Waals surface area contributed by atoms with E-state index in [2.05, 4.69) is 16.1 Å². The first kappa shape index (κ1) is 14.9. The zero-order valence-electron chi connectivity index (χ0n) is 9.05. The van der Waals surface area contributed by atoms with Crippen molar-refractivity contribution in [2.24, 2.45) is 0 Å². The van der Waals surface area contributed by atoms with E-state index in [4.69, 9.17) is 4.89 Å². The number of hydrogen-bond acceptors (Lipinski definition) is 5. The monoisotopic (exact) mass is 250 g/mol. The van der Waals surface area contributed by atoms with Crippen LogP contribution in [0.4, 0.5) is 0 Å². The molecule has 6 nitrogen and oxygen atoms in total. The molecule has 0 saturated heterocycles. The van der Waals surface area contributed by atoms with Crippen molar-refractivity contribution in [2.45, 2.75) is 6.42 Å². The van der Waals surface area contributed by atoms with Crippen LogP contribution in [0.5, 0.6) is 0 Å². The highest BCUT2D eigenvalue weighted by atomic mass is 31.2. The van der Waals surface area contributed by atoms with Gasteiger partial charge in [0, 0.05) is 18.9 Å². The van der Waals surface area contributed by atoms with Crippen molar-refractivity contribution in [3.8, 4) is 0 Å². The molecule has 0 aromatic rings. The molecule has 0 amide bonds. The lowest BCUT2D eigenvalue weighted by Crippen LogP contribution is -2.13. The Labute approximate surface area is 93.7 Å². The maximum absolute atomic E-state index is 11.0. The zero-order chi connectivity index (χ0) is 12.6. The Balaban J connectivity index is 3.55. The molecule has 1 atom stereocenters. The summed E-state index contributed by atoms with van der Waals surface area (Å²) in [6.45, 7) is 4.23. The van der Waals surface area contributed by atoms with Crippen LogP contribution in [0, 0.1) is 0 Å². The van der Waals surface area contributed by atoms with Crippen LogP contribution in [0.25, 0.3) is 0 Å². The van der Waals surface area contributed by atoms with Gasteiger partial charge in [0.15, 0.2) is 7.37 Å². The van der Waals surface area contributed by atoms with Crippen LogP contribution in [0.1, 0.15) is 6.42 Å². The first-order chi connectivity index (χ1) is 7.35. The standard InChI is InChI=1S/C9H15O6P/c1-3-8(10)14-5-6-15-9(11)4-7-16(2,12)13/h3H,1,4-7H2,2H3,(H,12,13). The number of hydrogen-bond donors (Lipinski definition) is 1. The molecule has 0 aromatic carbocycles. The average Bonchev–Trinajstić information content (AvgIpc) is 2.20. The summed E-state index contributed by atoms with van der Waals surface area (Å²) in [6, 6.07) is 0. The first-order valence-corrected chi connectivity index (χ1v) is 6.88. The van der Waals surface area contributed by atoms with Gasteiger partial charge in [-0.2, -0.15) is 0 Å². The fourth-order valence-electron chi connectivity index (χ4n) is 0.728. The van der Waals surface area contributed by atoms with Crippen molar-refractivity contribution in [3.05, 3.63) is 12.7 Å². The number of rotatable bonds is 7. The molecule has 0 spiro atoms. The van der Waals surface area contributed by atoms with Gasteiger partial charge in [0.2, 0.25) is 0 Å². The van der Waals surface area contributed by atoms with Crippen molar-refractivity contribution >= 4 is 19.3 Å². The minimum Gasteiger partial charge on any atom is -0.462 e. The van der Waals surface area contributed by atoms with Crippen LogP contribution < -0.4 is 0 Å². The van der Waals surface area contributed by atoms with Gasteiger partial charge in [0.05, 0.1) is 6.42 Å². The third kappa shape index (κ3) is 9.43. The van der Waals surface area contributed by atoms with Gasteiger partial charge in [-0.05, 0) is 0 Å². The summed E-state index contributed by atoms with van der Waals surface area (Å²) in [6.07, 6.45) is 0.763. The molecule has 0 radical (unpaired) electrons. The summed E-state index contributed by atoms with van der Waals surface area (Å²) < 4.78 is 20.0. The molecule has 0 rings (SSSR count). The lowest BCUT2D eigenvalue weighted by atomic mass is 10.5. The van der Waals surface area contributed by atoms with Gasteiger partial charge in [0.25, 0.3) is 0 Å². The molecule has 0 bridgehead atoms. The summed E-state index contributed by atoms with van der Waals surface area (Å²) in [5.41, 5.74) is 0. The second-order valence-electron chi connectivity index (χ2n) is 3.12. The topological polar surface area (TPSA) is 89.9 Å². The molecule has 0 saturated carbocycles. The molecule has 7 heteroatoms. The molecule has 0 fully saturated rings. The van der Waals surface area contributed by atoms with Crippen molar-refractivity contribution < 1.29 is 28.5 Å². The van der Waals surface area contributed by atoms with Gasteiger partial charge in [-0.25, -0.2) is 4.79 Å². The molecule has 0 aliphatic carbocycles. The maximum atomic E-state index is 11.0. The molecule has 0 aromatic heterocycles. The highest BCUT2D eigenvalue weighted by Gasteiger charge is 2.13. The Morgan fingerprint density at radius 1 is 1.38 bits per heavy atom. The van der Waals surface area contributed by atoms with E-state index in [1.165, 1.54) is 6.66 Å². The molecular weight excluding hydrogens is 235 g/mol. The smallest absolute Gasteiger partial charge is 0.330 e. The van der Waals surface area contributed by atoms with Gasteiger partial charge in [0.1, 0.15) is 13.2 Å². The summed E-state index contributed by atoms with van der Waals surface area (Å²) >= 11 is 0. The zero-order valence-corrected chi connectivity index (χ0v) is 9.94. The molecule has 0 heterocycles. The summed E-state index contributed by atoms with van der Waals surface area (Å²) in [5.74, 6) is -1.18. The van der Waals surface area contributed by atoms with E-state index >= 15 is 0 Å². The number of carbonyl (C=O) groups excluding carboxylic acids is 2. The van der Waals surface area contributed by atoms with Crippen LogP contribution >= 0.6 is 7.37 Å². The third-order valence-electron chi connectivity index (χ3n) is 1.49. The fourth-order valence-corrected chi connectivity index (χ4v) is 1.33. The van der Waals surface area contributed by atoms with E-state index in [-0.39, 0.29) is 25.8 Å². The molecule has 16 heavy (non-hydrogen) atoms. The van der Waals surface area contributed by atoms with Gasteiger partial charge in [-0.15, -0.1) is 0 Å². The highest BCUT2D eigenvalue weighted by molar-refractivity contribution is 7.57. The van der Waals surface area contributed by atoms with Gasteiger partial charge in [-0.1, -0.05) is 6.58 Å². The minimum atomic E-state index is -3.18. The quantitative estimate of drug-likeness (QED) is 0.307. The molecule has 92 valence electrons. The minimum absolute atomic E-state index is 0.0560. The van der Waals surface area contributed by atoms with Gasteiger partial charge >= 0.3 is 11.9 Å². The van der Waals surface area contributed by atoms with Crippen molar-refractivity contribution in [1.29, 1.82) is 0 Å². The van der Waals surface area contributed by atoms with E-state index in [0.717, 1.165) is 6.08 Å². The molecule has 1 unspecified atom stereocenters. The van der Waals surface area contributed by atoms with Crippen LogP contribution in [-0.4, -0.2) is 42.9 Å². The molecule has 1 N–H and O–H groups in total. The second-order valence-corrected chi connectivity index (χ2v) is 5.67. The predicted octanol–water partition coefficient (Wildman–Crippen LogP) is 0.549. The first-order valence-electron chi connectivity index (χ1n) is 4.59. The SMILES string of the molecule is C=CC(=O)OCCOC(=O)CCP(C)(=O)O. The van der Waals surface area contributed by atoms with Crippen LogP contribution in [-0.2, 0) is 23.6 Å². The van der Waals surface area contributed by atoms with E-state index in [9.17, 15) is 14.2 Å². The van der Waals surface area contributed by atoms with E-state index in [0.29, 0.717) is 0 Å². The summed E-state index contributed by atoms with van der Waals surface area (Å²) in [4.78, 5) is 30.5. The van der Waals surface area contributed by atoms with Crippen LogP contribution in [0.2, 0.25) is 0 Å². The van der Waals surface area contributed by atoms with Crippen molar-refractivity contribution in [3.63, 3.8) is 0 Å². The molecule has 0 aliphatic heterocycles. The second kappa shape index (κ2) is 7.19. The van der Waals surface area contributed by atoms with Crippen molar-refractivity contribution in [2.75, 3.05) is 26.0 Å². The number of carbonyl (C=O) groups is 2. The third-order valence-corrected chi connectivity index (χ3v) is 2.54. The Morgan fingerprint density at radius 3 is 2.44 bits per heavy atom. The Morgan fingerprint density at radius 2 is 1.94 bits per heavy atom.